The van der Waals surface area contributed by atoms with Gasteiger partial charge in [-0.05, 0) is 33.9 Å². The minimum absolute atomic E-state index is 0.148. The zero-order valence-electron chi connectivity index (χ0n) is 15.6. The summed E-state index contributed by atoms with van der Waals surface area (Å²) < 4.78 is 5.41. The predicted octanol–water partition coefficient (Wildman–Crippen LogP) is 4.69. The fraction of sp³-hybridized carbons (Fsp3) is 0.0833. The van der Waals surface area contributed by atoms with E-state index in [4.69, 9.17) is 4.74 Å². The summed E-state index contributed by atoms with van der Waals surface area (Å²) in [4.78, 5) is 12.4. The first-order chi connectivity index (χ1) is 13.8. The van der Waals surface area contributed by atoms with Crippen LogP contribution >= 0.6 is 0 Å². The monoisotopic (exact) mass is 368 g/mol. The van der Waals surface area contributed by atoms with Gasteiger partial charge in [-0.25, -0.2) is 5.43 Å². The Balaban J connectivity index is 1.51. The van der Waals surface area contributed by atoms with Crippen LogP contribution in [0.3, 0.4) is 0 Å². The Labute approximate surface area is 163 Å². The fourth-order valence-corrected chi connectivity index (χ4v) is 3.42. The van der Waals surface area contributed by atoms with Gasteiger partial charge in [-0.1, -0.05) is 66.7 Å². The molecule has 0 aliphatic rings. The van der Waals surface area contributed by atoms with E-state index in [0.717, 1.165) is 38.4 Å². The molecule has 0 fully saturated rings. The molecular weight excluding hydrogens is 348 g/mol. The van der Waals surface area contributed by atoms with Crippen LogP contribution in [0.4, 0.5) is 0 Å². The second-order valence-corrected chi connectivity index (χ2v) is 6.51. The molecule has 0 spiro atoms. The van der Waals surface area contributed by atoms with Crippen molar-refractivity contribution in [1.29, 1.82) is 0 Å². The van der Waals surface area contributed by atoms with Crippen molar-refractivity contribution in [2.75, 3.05) is 7.11 Å². The lowest BCUT2D eigenvalue weighted by Crippen LogP contribution is -2.19. The van der Waals surface area contributed by atoms with Gasteiger partial charge < -0.3 is 4.74 Å². The van der Waals surface area contributed by atoms with Crippen LogP contribution < -0.4 is 10.2 Å². The maximum absolute atomic E-state index is 12.4. The van der Waals surface area contributed by atoms with E-state index < -0.39 is 0 Å². The van der Waals surface area contributed by atoms with Gasteiger partial charge in [-0.2, -0.15) is 5.10 Å². The quantitative estimate of drug-likeness (QED) is 0.410. The third-order valence-corrected chi connectivity index (χ3v) is 4.76. The minimum atomic E-state index is -0.148. The van der Waals surface area contributed by atoms with Crippen LogP contribution in [0.1, 0.15) is 11.1 Å². The molecule has 4 aromatic rings. The van der Waals surface area contributed by atoms with Gasteiger partial charge in [0, 0.05) is 10.9 Å². The number of fused-ring (bicyclic) bond motifs is 2. The second kappa shape index (κ2) is 7.92. The molecule has 0 bridgehead atoms. The molecule has 0 unspecified atom stereocenters. The van der Waals surface area contributed by atoms with Gasteiger partial charge >= 0.3 is 0 Å². The lowest BCUT2D eigenvalue weighted by molar-refractivity contribution is -0.120. The summed E-state index contributed by atoms with van der Waals surface area (Å²) >= 11 is 0. The molecule has 0 atom stereocenters. The van der Waals surface area contributed by atoms with Crippen LogP contribution in [-0.2, 0) is 11.2 Å². The molecule has 1 N–H and O–H groups in total. The number of carbonyl (C=O) groups excluding carboxylic acids is 1. The van der Waals surface area contributed by atoms with Gasteiger partial charge in [0.1, 0.15) is 5.75 Å². The number of hydrogen-bond donors (Lipinski definition) is 1. The minimum Gasteiger partial charge on any atom is -0.496 e. The van der Waals surface area contributed by atoms with Crippen LogP contribution in [0.25, 0.3) is 21.5 Å². The van der Waals surface area contributed by atoms with Gasteiger partial charge in [-0.15, -0.1) is 0 Å². The highest BCUT2D eigenvalue weighted by atomic mass is 16.5. The molecule has 138 valence electrons. The van der Waals surface area contributed by atoms with Crippen molar-refractivity contribution in [2.45, 2.75) is 6.42 Å². The smallest absolute Gasteiger partial charge is 0.244 e. The van der Waals surface area contributed by atoms with Crippen LogP contribution in [0.15, 0.2) is 84.0 Å². The molecule has 1 amide bonds. The van der Waals surface area contributed by atoms with Gasteiger partial charge in [-0.3, -0.25) is 4.79 Å². The Morgan fingerprint density at radius 3 is 2.43 bits per heavy atom. The largest absolute Gasteiger partial charge is 0.496 e. The molecule has 0 aromatic heterocycles. The normalized spacial score (nSPS) is 11.2. The van der Waals surface area contributed by atoms with E-state index in [1.54, 1.807) is 13.3 Å². The number of carbonyl (C=O) groups is 1. The van der Waals surface area contributed by atoms with Crippen LogP contribution in [0, 0.1) is 0 Å². The summed E-state index contributed by atoms with van der Waals surface area (Å²) in [6.07, 6.45) is 1.95. The highest BCUT2D eigenvalue weighted by Crippen LogP contribution is 2.27. The average molecular weight is 368 g/mol. The van der Waals surface area contributed by atoms with Crippen molar-refractivity contribution in [3.8, 4) is 5.75 Å². The number of hydrazone groups is 1. The summed E-state index contributed by atoms with van der Waals surface area (Å²) in [6, 6.07) is 25.8. The summed E-state index contributed by atoms with van der Waals surface area (Å²) in [7, 11) is 1.66. The first-order valence-corrected chi connectivity index (χ1v) is 9.10. The van der Waals surface area contributed by atoms with Gasteiger partial charge in [0.2, 0.25) is 5.91 Å². The van der Waals surface area contributed by atoms with E-state index >= 15 is 0 Å². The number of nitrogens with zero attached hydrogens (tertiary/aromatic N) is 1. The third-order valence-electron chi connectivity index (χ3n) is 4.76. The molecule has 0 aliphatic carbocycles. The molecule has 4 heteroatoms. The molecule has 4 nitrogen and oxygen atoms in total. The SMILES string of the molecule is COc1ccc(/C=N/NC(=O)Cc2cccc3ccccc23)c2ccccc12. The van der Waals surface area contributed by atoms with Crippen LogP contribution in [0.5, 0.6) is 5.75 Å². The van der Waals surface area contributed by atoms with Crippen LogP contribution in [0.2, 0.25) is 0 Å². The number of nitrogens with one attached hydrogen (secondary N) is 1. The number of benzene rings is 4. The number of rotatable bonds is 5. The molecule has 0 heterocycles. The number of amides is 1. The Morgan fingerprint density at radius 2 is 1.61 bits per heavy atom. The standard InChI is InChI=1S/C24H20N2O2/c1-28-23-14-13-19(21-11-4-5-12-22(21)23)16-25-26-24(27)15-18-9-6-8-17-7-2-3-10-20(17)18/h2-14,16H,15H2,1H3,(H,26,27)/b25-16+. The maximum atomic E-state index is 12.4. The Hall–Kier alpha value is -3.66. The van der Waals surface area contributed by atoms with Crippen molar-refractivity contribution in [2.24, 2.45) is 5.10 Å². The summed E-state index contributed by atoms with van der Waals surface area (Å²) in [6.45, 7) is 0. The van der Waals surface area contributed by atoms with E-state index in [0.29, 0.717) is 0 Å². The molecule has 4 rings (SSSR count). The molecule has 0 radical (unpaired) electrons. The highest BCUT2D eigenvalue weighted by Gasteiger charge is 2.07. The molecule has 0 saturated carbocycles. The molecular formula is C24H20N2O2. The lowest BCUT2D eigenvalue weighted by atomic mass is 10.0. The number of methoxy groups -OCH3 is 1. The summed E-state index contributed by atoms with van der Waals surface area (Å²) in [5.74, 6) is 0.665. The molecule has 4 aromatic carbocycles. The second-order valence-electron chi connectivity index (χ2n) is 6.51. The summed E-state index contributed by atoms with van der Waals surface area (Å²) in [5, 5.41) is 8.40. The van der Waals surface area contributed by atoms with Crippen molar-refractivity contribution < 1.29 is 9.53 Å². The van der Waals surface area contributed by atoms with E-state index in [1.165, 1.54) is 0 Å². The first-order valence-electron chi connectivity index (χ1n) is 9.10. The number of hydrogen-bond acceptors (Lipinski definition) is 3. The summed E-state index contributed by atoms with van der Waals surface area (Å²) in [5.41, 5.74) is 4.54. The van der Waals surface area contributed by atoms with E-state index in [-0.39, 0.29) is 12.3 Å². The molecule has 0 saturated heterocycles. The molecule has 0 aliphatic heterocycles. The Kier molecular flexibility index (Phi) is 5.02. The average Bonchev–Trinajstić information content (AvgIpc) is 2.74. The fourth-order valence-electron chi connectivity index (χ4n) is 3.42. The van der Waals surface area contributed by atoms with E-state index in [9.17, 15) is 4.79 Å². The van der Waals surface area contributed by atoms with E-state index in [1.807, 2.05) is 78.9 Å². The zero-order valence-corrected chi connectivity index (χ0v) is 15.6. The van der Waals surface area contributed by atoms with Gasteiger partial charge in [0.05, 0.1) is 19.7 Å². The molecule has 28 heavy (non-hydrogen) atoms. The lowest BCUT2D eigenvalue weighted by Gasteiger charge is -2.08. The highest BCUT2D eigenvalue weighted by molar-refractivity contribution is 6.02. The van der Waals surface area contributed by atoms with Crippen molar-refractivity contribution >= 4 is 33.7 Å². The van der Waals surface area contributed by atoms with Crippen molar-refractivity contribution in [3.05, 3.63) is 90.0 Å². The zero-order chi connectivity index (χ0) is 19.3. The van der Waals surface area contributed by atoms with Gasteiger partial charge in [0.15, 0.2) is 0 Å². The van der Waals surface area contributed by atoms with E-state index in [2.05, 4.69) is 10.5 Å². The topological polar surface area (TPSA) is 50.7 Å². The van der Waals surface area contributed by atoms with Crippen molar-refractivity contribution in [1.82, 2.24) is 5.43 Å². The third kappa shape index (κ3) is 3.58. The Morgan fingerprint density at radius 1 is 0.893 bits per heavy atom. The van der Waals surface area contributed by atoms with Crippen molar-refractivity contribution in [3.63, 3.8) is 0 Å². The maximum Gasteiger partial charge on any atom is 0.244 e. The first kappa shape index (κ1) is 17.7. The number of ether oxygens (including phenoxy) is 1. The van der Waals surface area contributed by atoms with Gasteiger partial charge in [0.25, 0.3) is 0 Å². The van der Waals surface area contributed by atoms with Crippen LogP contribution in [-0.4, -0.2) is 19.2 Å². The Bertz CT molecular complexity index is 1180. The predicted molar refractivity (Wildman–Crippen MR) is 114 cm³/mol.